The highest BCUT2D eigenvalue weighted by Gasteiger charge is 2.35. The highest BCUT2D eigenvalue weighted by Crippen LogP contribution is 2.25. The molecule has 0 heterocycles. The van der Waals surface area contributed by atoms with E-state index in [1.54, 1.807) is 13.8 Å². The lowest BCUT2D eigenvalue weighted by Crippen LogP contribution is -2.42. The molecule has 0 atom stereocenters. The maximum Gasteiger partial charge on any atom is 0.311 e. The van der Waals surface area contributed by atoms with E-state index in [4.69, 9.17) is 5.73 Å². The summed E-state index contributed by atoms with van der Waals surface area (Å²) >= 11 is 0. The molecular formula is C16H22N2O6S. The maximum atomic E-state index is 12.2. The summed E-state index contributed by atoms with van der Waals surface area (Å²) in [6.45, 7) is 3.44. The van der Waals surface area contributed by atoms with Gasteiger partial charge in [-0.15, -0.1) is 0 Å². The quantitative estimate of drug-likeness (QED) is 0.579. The number of rotatable bonds is 9. The van der Waals surface area contributed by atoms with Crippen LogP contribution in [-0.4, -0.2) is 43.6 Å². The minimum atomic E-state index is -3.84. The second-order valence-electron chi connectivity index (χ2n) is 5.73. The topological polar surface area (TPSA) is 144 Å². The number of carbonyl (C=O) groups is 3. The Morgan fingerprint density at radius 2 is 1.64 bits per heavy atom. The van der Waals surface area contributed by atoms with Crippen LogP contribution in [0.4, 0.5) is 0 Å². The Bertz CT molecular complexity index is 751. The molecule has 25 heavy (non-hydrogen) atoms. The number of benzene rings is 1. The van der Waals surface area contributed by atoms with Crippen molar-refractivity contribution in [1.29, 1.82) is 0 Å². The van der Waals surface area contributed by atoms with E-state index in [2.05, 4.69) is 5.32 Å². The van der Waals surface area contributed by atoms with Gasteiger partial charge in [-0.2, -0.15) is 0 Å². The molecule has 0 bridgehead atoms. The van der Waals surface area contributed by atoms with Crippen molar-refractivity contribution in [2.45, 2.75) is 31.6 Å². The fraction of sp³-hybridized carbons (Fsp3) is 0.438. The molecule has 0 aliphatic rings. The Morgan fingerprint density at radius 3 is 2.04 bits per heavy atom. The van der Waals surface area contributed by atoms with Crippen LogP contribution >= 0.6 is 0 Å². The fourth-order valence-electron chi connectivity index (χ4n) is 2.31. The van der Waals surface area contributed by atoms with Crippen molar-refractivity contribution in [3.8, 4) is 0 Å². The lowest BCUT2D eigenvalue weighted by atomic mass is 9.82. The summed E-state index contributed by atoms with van der Waals surface area (Å²) in [5, 5.41) is 11.9. The number of nitrogens with two attached hydrogens (primary N) is 1. The number of amides is 2. The summed E-state index contributed by atoms with van der Waals surface area (Å²) in [6, 6.07) is 5.00. The van der Waals surface area contributed by atoms with Crippen LogP contribution in [0.5, 0.6) is 0 Å². The number of aliphatic carboxylic acids is 1. The van der Waals surface area contributed by atoms with Crippen molar-refractivity contribution < 1.29 is 27.9 Å². The number of nitrogens with one attached hydrogen (secondary N) is 1. The van der Waals surface area contributed by atoms with Crippen molar-refractivity contribution in [2.75, 3.05) is 12.3 Å². The highest BCUT2D eigenvalue weighted by molar-refractivity contribution is 7.92. The Morgan fingerprint density at radius 1 is 1.12 bits per heavy atom. The molecule has 0 aromatic heterocycles. The molecule has 1 rings (SSSR count). The van der Waals surface area contributed by atoms with E-state index in [9.17, 15) is 27.9 Å². The van der Waals surface area contributed by atoms with Gasteiger partial charge >= 0.3 is 5.97 Å². The van der Waals surface area contributed by atoms with Gasteiger partial charge in [0.05, 0.1) is 10.3 Å². The second kappa shape index (κ2) is 8.11. The summed E-state index contributed by atoms with van der Waals surface area (Å²) in [5.41, 5.74) is 4.04. The number of carboxylic acid groups (broad SMARTS) is 1. The molecule has 0 aliphatic carbocycles. The molecule has 2 amide bonds. The summed E-state index contributed by atoms with van der Waals surface area (Å²) in [4.78, 5) is 34.2. The third-order valence-corrected chi connectivity index (χ3v) is 5.86. The summed E-state index contributed by atoms with van der Waals surface area (Å²) in [7, 11) is -3.84. The van der Waals surface area contributed by atoms with Crippen LogP contribution < -0.4 is 11.1 Å². The summed E-state index contributed by atoms with van der Waals surface area (Å²) in [6.07, 6.45) is 0.729. The van der Waals surface area contributed by atoms with Gasteiger partial charge in [0, 0.05) is 12.1 Å². The van der Waals surface area contributed by atoms with Crippen molar-refractivity contribution in [2.24, 2.45) is 11.1 Å². The van der Waals surface area contributed by atoms with Crippen molar-refractivity contribution in [1.82, 2.24) is 5.32 Å². The van der Waals surface area contributed by atoms with Crippen LogP contribution in [0.2, 0.25) is 0 Å². The van der Waals surface area contributed by atoms with E-state index in [1.807, 2.05) is 0 Å². The molecule has 1 aromatic rings. The standard InChI is InChI=1S/C16H22N2O6S/c1-3-16(4-2,15(21)22)10-18-14(20)11-5-7-12(8-6-11)25(23,24)9-13(17)19/h5-8H,3-4,9-10H2,1-2H3,(H2,17,19)(H,18,20)(H,21,22). The Hall–Kier alpha value is -2.42. The lowest BCUT2D eigenvalue weighted by Gasteiger charge is -2.26. The first-order valence-corrected chi connectivity index (χ1v) is 9.36. The molecule has 0 radical (unpaired) electrons. The molecule has 8 nitrogen and oxygen atoms in total. The van der Waals surface area contributed by atoms with Crippen LogP contribution in [0.15, 0.2) is 29.2 Å². The zero-order valence-corrected chi connectivity index (χ0v) is 14.9. The van der Waals surface area contributed by atoms with Gasteiger partial charge in [-0.1, -0.05) is 13.8 Å². The first-order chi connectivity index (χ1) is 11.6. The molecule has 9 heteroatoms. The Balaban J connectivity index is 2.88. The van der Waals surface area contributed by atoms with Crippen molar-refractivity contribution in [3.05, 3.63) is 29.8 Å². The number of hydrogen-bond acceptors (Lipinski definition) is 5. The summed E-state index contributed by atoms with van der Waals surface area (Å²) in [5.74, 6) is -3.27. The smallest absolute Gasteiger partial charge is 0.311 e. The van der Waals surface area contributed by atoms with Crippen molar-refractivity contribution in [3.63, 3.8) is 0 Å². The van der Waals surface area contributed by atoms with Crippen LogP contribution in [0.3, 0.4) is 0 Å². The predicted molar refractivity (Wildman–Crippen MR) is 90.7 cm³/mol. The third-order valence-electron chi connectivity index (χ3n) is 4.20. The Labute approximate surface area is 146 Å². The zero-order chi connectivity index (χ0) is 19.3. The van der Waals surface area contributed by atoms with Gasteiger partial charge < -0.3 is 16.2 Å². The van der Waals surface area contributed by atoms with Crippen molar-refractivity contribution >= 4 is 27.6 Å². The van der Waals surface area contributed by atoms with Crippen LogP contribution in [-0.2, 0) is 19.4 Å². The molecule has 0 saturated heterocycles. The van der Waals surface area contributed by atoms with E-state index >= 15 is 0 Å². The molecule has 0 aliphatic heterocycles. The van der Waals surface area contributed by atoms with E-state index < -0.39 is 38.8 Å². The number of sulfone groups is 1. The van der Waals surface area contributed by atoms with E-state index in [-0.39, 0.29) is 17.0 Å². The average molecular weight is 370 g/mol. The van der Waals surface area contributed by atoms with Gasteiger partial charge in [-0.3, -0.25) is 14.4 Å². The highest BCUT2D eigenvalue weighted by atomic mass is 32.2. The van der Waals surface area contributed by atoms with Crippen LogP contribution in [0.1, 0.15) is 37.0 Å². The van der Waals surface area contributed by atoms with E-state index in [0.29, 0.717) is 12.8 Å². The zero-order valence-electron chi connectivity index (χ0n) is 14.1. The largest absolute Gasteiger partial charge is 0.481 e. The van der Waals surface area contributed by atoms with Gasteiger partial charge in [0.15, 0.2) is 9.84 Å². The number of carbonyl (C=O) groups excluding carboxylic acids is 2. The maximum absolute atomic E-state index is 12.2. The molecule has 0 spiro atoms. The molecule has 4 N–H and O–H groups in total. The van der Waals surface area contributed by atoms with Gasteiger partial charge in [-0.25, -0.2) is 8.42 Å². The monoisotopic (exact) mass is 370 g/mol. The predicted octanol–water partition coefficient (Wildman–Crippen LogP) is 0.566. The molecule has 0 unspecified atom stereocenters. The van der Waals surface area contributed by atoms with E-state index in [0.717, 1.165) is 0 Å². The van der Waals surface area contributed by atoms with Gasteiger partial charge in [0.1, 0.15) is 5.75 Å². The molecule has 138 valence electrons. The van der Waals surface area contributed by atoms with Gasteiger partial charge in [-0.05, 0) is 37.1 Å². The molecule has 0 fully saturated rings. The minimum Gasteiger partial charge on any atom is -0.481 e. The van der Waals surface area contributed by atoms with Gasteiger partial charge in [0.2, 0.25) is 5.91 Å². The SMILES string of the molecule is CCC(CC)(CNC(=O)c1ccc(S(=O)(=O)CC(N)=O)cc1)C(=O)O. The lowest BCUT2D eigenvalue weighted by molar-refractivity contribution is -0.149. The normalized spacial score (nSPS) is 11.8. The van der Waals surface area contributed by atoms with Gasteiger partial charge in [0.25, 0.3) is 5.91 Å². The molecule has 1 aromatic carbocycles. The fourth-order valence-corrected chi connectivity index (χ4v) is 3.41. The first-order valence-electron chi connectivity index (χ1n) is 7.70. The molecule has 0 saturated carbocycles. The minimum absolute atomic E-state index is 0.0319. The Kier molecular flexibility index (Phi) is 6.69. The number of carboxylic acids is 1. The third kappa shape index (κ3) is 5.02. The first kappa shape index (κ1) is 20.6. The average Bonchev–Trinajstić information content (AvgIpc) is 2.54. The van der Waals surface area contributed by atoms with E-state index in [1.165, 1.54) is 24.3 Å². The molecular weight excluding hydrogens is 348 g/mol. The number of hydrogen-bond donors (Lipinski definition) is 3. The van der Waals surface area contributed by atoms with Crippen LogP contribution in [0, 0.1) is 5.41 Å². The number of primary amides is 1. The second-order valence-corrected chi connectivity index (χ2v) is 7.71. The summed E-state index contributed by atoms with van der Waals surface area (Å²) < 4.78 is 23.7. The van der Waals surface area contributed by atoms with Crippen LogP contribution in [0.25, 0.3) is 0 Å².